The number of rotatable bonds is 6. The zero-order valence-electron chi connectivity index (χ0n) is 14.6. The molecule has 0 fully saturated rings. The monoisotopic (exact) mass is 360 g/mol. The number of anilines is 1. The van der Waals surface area contributed by atoms with E-state index in [0.717, 1.165) is 5.56 Å². The maximum Gasteiger partial charge on any atom is 0.313 e. The van der Waals surface area contributed by atoms with Gasteiger partial charge in [0.1, 0.15) is 11.6 Å². The second-order valence-corrected chi connectivity index (χ2v) is 6.17. The number of methoxy groups -OCH3 is 1. The molecule has 0 aliphatic heterocycles. The zero-order valence-corrected chi connectivity index (χ0v) is 14.6. The summed E-state index contributed by atoms with van der Waals surface area (Å²) < 4.78 is 17.9. The molecule has 0 saturated heterocycles. The number of hydrogen-bond donors (Lipinski definition) is 3. The lowest BCUT2D eigenvalue weighted by molar-refractivity contribution is -0.136. The van der Waals surface area contributed by atoms with Crippen molar-refractivity contribution in [1.82, 2.24) is 5.32 Å². The van der Waals surface area contributed by atoms with Crippen LogP contribution in [0.4, 0.5) is 10.1 Å². The van der Waals surface area contributed by atoms with Gasteiger partial charge in [0.05, 0.1) is 12.7 Å². The predicted molar refractivity (Wildman–Crippen MR) is 95.4 cm³/mol. The highest BCUT2D eigenvalue weighted by Crippen LogP contribution is 2.16. The van der Waals surface area contributed by atoms with Crippen molar-refractivity contribution in [2.24, 2.45) is 0 Å². The molecule has 0 saturated carbocycles. The van der Waals surface area contributed by atoms with Crippen LogP contribution in [0.25, 0.3) is 0 Å². The third-order valence-corrected chi connectivity index (χ3v) is 3.68. The molecule has 0 aromatic heterocycles. The quantitative estimate of drug-likeness (QED) is 0.687. The van der Waals surface area contributed by atoms with Crippen LogP contribution in [-0.4, -0.2) is 36.2 Å². The lowest BCUT2D eigenvalue weighted by Gasteiger charge is -2.23. The van der Waals surface area contributed by atoms with Gasteiger partial charge in [-0.15, -0.1) is 0 Å². The molecule has 0 aliphatic rings. The Balaban J connectivity index is 1.85. The van der Waals surface area contributed by atoms with Gasteiger partial charge in [-0.3, -0.25) is 9.59 Å². The molecular formula is C19H21FN2O4. The van der Waals surface area contributed by atoms with Gasteiger partial charge >= 0.3 is 11.8 Å². The topological polar surface area (TPSA) is 87.7 Å². The van der Waals surface area contributed by atoms with E-state index in [1.165, 1.54) is 24.3 Å². The molecule has 0 spiro atoms. The summed E-state index contributed by atoms with van der Waals surface area (Å²) >= 11 is 0. The summed E-state index contributed by atoms with van der Waals surface area (Å²) in [6.45, 7) is 1.46. The van der Waals surface area contributed by atoms with Gasteiger partial charge in [-0.2, -0.15) is 0 Å². The van der Waals surface area contributed by atoms with Gasteiger partial charge in [-0.05, 0) is 48.9 Å². The van der Waals surface area contributed by atoms with Crippen molar-refractivity contribution in [2.75, 3.05) is 19.0 Å². The fourth-order valence-corrected chi connectivity index (χ4v) is 2.32. The Morgan fingerprint density at radius 2 is 1.69 bits per heavy atom. The van der Waals surface area contributed by atoms with Crippen LogP contribution in [0.3, 0.4) is 0 Å². The predicted octanol–water partition coefficient (Wildman–Crippen LogP) is 1.88. The molecule has 2 rings (SSSR count). The van der Waals surface area contributed by atoms with Crippen LogP contribution in [0.5, 0.6) is 5.75 Å². The fraction of sp³-hybridized carbons (Fsp3) is 0.263. The van der Waals surface area contributed by atoms with Crippen LogP contribution in [-0.2, 0) is 16.0 Å². The lowest BCUT2D eigenvalue weighted by Crippen LogP contribution is -2.45. The average Bonchev–Trinajstić information content (AvgIpc) is 2.62. The van der Waals surface area contributed by atoms with Crippen molar-refractivity contribution in [3.8, 4) is 5.75 Å². The van der Waals surface area contributed by atoms with E-state index in [9.17, 15) is 19.1 Å². The molecular weight excluding hydrogens is 339 g/mol. The Hall–Kier alpha value is -2.93. The maximum atomic E-state index is 12.8. The maximum absolute atomic E-state index is 12.8. The van der Waals surface area contributed by atoms with E-state index >= 15 is 0 Å². The van der Waals surface area contributed by atoms with E-state index in [-0.39, 0.29) is 13.0 Å². The third kappa shape index (κ3) is 5.86. The molecule has 2 aromatic carbocycles. The number of carbonyl (C=O) groups excluding carboxylic acids is 2. The molecule has 0 radical (unpaired) electrons. The van der Waals surface area contributed by atoms with Crippen LogP contribution >= 0.6 is 0 Å². The molecule has 0 heterocycles. The highest BCUT2D eigenvalue weighted by Gasteiger charge is 2.24. The smallest absolute Gasteiger partial charge is 0.313 e. The van der Waals surface area contributed by atoms with E-state index in [4.69, 9.17) is 4.74 Å². The Morgan fingerprint density at radius 1 is 1.08 bits per heavy atom. The summed E-state index contributed by atoms with van der Waals surface area (Å²) in [7, 11) is 1.57. The Labute approximate surface area is 151 Å². The number of ether oxygens (including phenoxy) is 1. The van der Waals surface area contributed by atoms with E-state index < -0.39 is 23.2 Å². The molecule has 26 heavy (non-hydrogen) atoms. The Bertz CT molecular complexity index is 758. The van der Waals surface area contributed by atoms with Crippen LogP contribution in [0.1, 0.15) is 12.5 Å². The number of carbonyl (C=O) groups is 2. The van der Waals surface area contributed by atoms with Crippen LogP contribution in [0, 0.1) is 5.82 Å². The van der Waals surface area contributed by atoms with Gasteiger partial charge < -0.3 is 20.5 Å². The number of amides is 2. The first-order chi connectivity index (χ1) is 12.3. The molecule has 1 unspecified atom stereocenters. The summed E-state index contributed by atoms with van der Waals surface area (Å²) in [6.07, 6.45) is 0.289. The average molecular weight is 360 g/mol. The molecule has 0 aliphatic carbocycles. The molecule has 2 aromatic rings. The van der Waals surface area contributed by atoms with Crippen LogP contribution in [0.2, 0.25) is 0 Å². The van der Waals surface area contributed by atoms with Crippen molar-refractivity contribution in [1.29, 1.82) is 0 Å². The number of benzene rings is 2. The molecule has 7 heteroatoms. The van der Waals surface area contributed by atoms with E-state index in [1.807, 2.05) is 12.1 Å². The first-order valence-electron chi connectivity index (χ1n) is 7.99. The number of hydrogen-bond acceptors (Lipinski definition) is 4. The largest absolute Gasteiger partial charge is 0.497 e. The highest BCUT2D eigenvalue weighted by atomic mass is 19.1. The normalized spacial score (nSPS) is 12.8. The first-order valence-corrected chi connectivity index (χ1v) is 7.99. The summed E-state index contributed by atoms with van der Waals surface area (Å²) in [5.74, 6) is -1.51. The molecule has 2 amide bonds. The summed E-state index contributed by atoms with van der Waals surface area (Å²) in [4.78, 5) is 23.7. The van der Waals surface area contributed by atoms with Crippen molar-refractivity contribution >= 4 is 17.5 Å². The van der Waals surface area contributed by atoms with Gasteiger partial charge in [0.15, 0.2) is 0 Å². The first kappa shape index (κ1) is 19.4. The molecule has 138 valence electrons. The Kier molecular flexibility index (Phi) is 6.30. The third-order valence-electron chi connectivity index (χ3n) is 3.68. The fourth-order valence-electron chi connectivity index (χ4n) is 2.32. The van der Waals surface area contributed by atoms with Crippen molar-refractivity contribution in [3.63, 3.8) is 0 Å². The van der Waals surface area contributed by atoms with Gasteiger partial charge in [-0.1, -0.05) is 12.1 Å². The number of nitrogens with one attached hydrogen (secondary N) is 2. The second-order valence-electron chi connectivity index (χ2n) is 6.17. The minimum atomic E-state index is -1.24. The summed E-state index contributed by atoms with van der Waals surface area (Å²) in [6, 6.07) is 12.2. The standard InChI is InChI=1S/C19H21FN2O4/c1-19(25,11-13-3-9-16(26-2)10-4-13)12-21-17(23)18(24)22-15-7-5-14(20)6-8-15/h3-10,25H,11-12H2,1-2H3,(H,21,23)(H,22,24). The molecule has 3 N–H and O–H groups in total. The van der Waals surface area contributed by atoms with E-state index in [1.54, 1.807) is 26.2 Å². The van der Waals surface area contributed by atoms with Crippen LogP contribution in [0.15, 0.2) is 48.5 Å². The Morgan fingerprint density at radius 3 is 2.27 bits per heavy atom. The summed E-state index contributed by atoms with van der Waals surface area (Å²) in [5, 5.41) is 15.2. The molecule has 1 atom stereocenters. The molecule has 6 nitrogen and oxygen atoms in total. The SMILES string of the molecule is COc1ccc(CC(C)(O)CNC(=O)C(=O)Nc2ccc(F)cc2)cc1. The summed E-state index contributed by atoms with van der Waals surface area (Å²) in [5.41, 5.74) is -0.0715. The van der Waals surface area contributed by atoms with Crippen molar-refractivity contribution < 1.29 is 23.8 Å². The number of aliphatic hydroxyl groups is 1. The van der Waals surface area contributed by atoms with Gasteiger partial charge in [0, 0.05) is 18.7 Å². The van der Waals surface area contributed by atoms with E-state index in [0.29, 0.717) is 11.4 Å². The van der Waals surface area contributed by atoms with Crippen molar-refractivity contribution in [2.45, 2.75) is 18.9 Å². The minimum absolute atomic E-state index is 0.102. The van der Waals surface area contributed by atoms with Gasteiger partial charge in [0.2, 0.25) is 0 Å². The van der Waals surface area contributed by atoms with Crippen LogP contribution < -0.4 is 15.4 Å². The second kappa shape index (κ2) is 8.44. The lowest BCUT2D eigenvalue weighted by atomic mass is 9.96. The highest BCUT2D eigenvalue weighted by molar-refractivity contribution is 6.39. The molecule has 0 bridgehead atoms. The van der Waals surface area contributed by atoms with Crippen molar-refractivity contribution in [3.05, 3.63) is 59.9 Å². The van der Waals surface area contributed by atoms with Gasteiger partial charge in [0.25, 0.3) is 0 Å². The van der Waals surface area contributed by atoms with Gasteiger partial charge in [-0.25, -0.2) is 4.39 Å². The zero-order chi connectivity index (χ0) is 19.2. The minimum Gasteiger partial charge on any atom is -0.497 e. The number of halogens is 1. The van der Waals surface area contributed by atoms with E-state index in [2.05, 4.69) is 10.6 Å².